The lowest BCUT2D eigenvalue weighted by Crippen LogP contribution is -2.29. The number of para-hydroxylation sites is 1. The van der Waals surface area contributed by atoms with Crippen molar-refractivity contribution in [2.75, 3.05) is 7.11 Å². The van der Waals surface area contributed by atoms with Gasteiger partial charge in [0.05, 0.1) is 18.7 Å². The number of hydrogen-bond acceptors (Lipinski definition) is 4. The van der Waals surface area contributed by atoms with E-state index in [1.165, 1.54) is 7.11 Å². The van der Waals surface area contributed by atoms with E-state index in [0.717, 1.165) is 0 Å². The maximum Gasteiger partial charge on any atom is 0.255 e. The molecule has 0 aliphatic carbocycles. The first kappa shape index (κ1) is 15.2. The van der Waals surface area contributed by atoms with Crippen LogP contribution < -0.4 is 10.1 Å². The summed E-state index contributed by atoms with van der Waals surface area (Å²) in [5.74, 6) is 1.03. The maximum absolute atomic E-state index is 12.4. The Morgan fingerprint density at radius 3 is 2.90 bits per heavy atom. The van der Waals surface area contributed by atoms with Crippen molar-refractivity contribution in [3.8, 4) is 5.75 Å². The number of aromatic amines is 1. The molecule has 2 N–H and O–H groups in total. The van der Waals surface area contributed by atoms with Crippen molar-refractivity contribution in [3.05, 3.63) is 40.4 Å². The summed E-state index contributed by atoms with van der Waals surface area (Å²) >= 11 is 5.15. The normalized spacial score (nSPS) is 12.0. The topological polar surface area (TPSA) is 71.9 Å². The van der Waals surface area contributed by atoms with Crippen LogP contribution in [0.1, 0.15) is 36.1 Å². The molecule has 1 atom stereocenters. The highest BCUT2D eigenvalue weighted by Gasteiger charge is 2.18. The zero-order valence-electron chi connectivity index (χ0n) is 12.2. The number of nitrogens with one attached hydrogen (secondary N) is 2. The molecule has 0 radical (unpaired) electrons. The summed E-state index contributed by atoms with van der Waals surface area (Å²) in [6, 6.07) is 6.82. The minimum absolute atomic E-state index is 0.212. The molecule has 1 heterocycles. The van der Waals surface area contributed by atoms with Gasteiger partial charge < -0.3 is 14.6 Å². The van der Waals surface area contributed by atoms with E-state index in [4.69, 9.17) is 17.0 Å². The molecule has 6 nitrogen and oxygen atoms in total. The Hall–Kier alpha value is -2.15. The Labute approximate surface area is 128 Å². The number of nitrogens with zero attached hydrogens (tertiary/aromatic N) is 2. The molecular weight excluding hydrogens is 288 g/mol. The minimum Gasteiger partial charge on any atom is -0.496 e. The van der Waals surface area contributed by atoms with E-state index in [0.29, 0.717) is 28.5 Å². The fourth-order valence-electron chi connectivity index (χ4n) is 2.14. The first-order valence-corrected chi connectivity index (χ1v) is 7.08. The smallest absolute Gasteiger partial charge is 0.255 e. The van der Waals surface area contributed by atoms with Crippen LogP contribution in [0.25, 0.3) is 0 Å². The highest BCUT2D eigenvalue weighted by atomic mass is 32.1. The molecule has 0 bridgehead atoms. The summed E-state index contributed by atoms with van der Waals surface area (Å²) in [7, 11) is 1.54. The number of carbonyl (C=O) groups is 1. The van der Waals surface area contributed by atoms with Crippen molar-refractivity contribution >= 4 is 18.1 Å². The summed E-state index contributed by atoms with van der Waals surface area (Å²) in [4.78, 5) is 12.4. The van der Waals surface area contributed by atoms with E-state index in [2.05, 4.69) is 15.5 Å². The van der Waals surface area contributed by atoms with Crippen LogP contribution in [0.5, 0.6) is 5.75 Å². The molecule has 0 aliphatic heterocycles. The van der Waals surface area contributed by atoms with Crippen LogP contribution >= 0.6 is 12.2 Å². The molecule has 0 unspecified atom stereocenters. The average Bonchev–Trinajstić information content (AvgIpc) is 2.87. The fourth-order valence-corrected chi connectivity index (χ4v) is 2.41. The van der Waals surface area contributed by atoms with Gasteiger partial charge >= 0.3 is 0 Å². The second-order valence-corrected chi connectivity index (χ2v) is 4.91. The SMILES string of the molecule is CCn1c([C@H](C)NC(=O)c2ccccc2OC)n[nH]c1=S. The van der Waals surface area contributed by atoms with E-state index >= 15 is 0 Å². The number of methoxy groups -OCH3 is 1. The van der Waals surface area contributed by atoms with Crippen LogP contribution in [0.15, 0.2) is 24.3 Å². The lowest BCUT2D eigenvalue weighted by molar-refractivity contribution is 0.0934. The third kappa shape index (κ3) is 3.13. The lowest BCUT2D eigenvalue weighted by Gasteiger charge is -2.15. The first-order valence-electron chi connectivity index (χ1n) is 6.67. The number of hydrogen-bond donors (Lipinski definition) is 2. The van der Waals surface area contributed by atoms with Crippen LogP contribution in [0, 0.1) is 4.77 Å². The van der Waals surface area contributed by atoms with Gasteiger partial charge in [-0.2, -0.15) is 5.10 Å². The van der Waals surface area contributed by atoms with E-state index in [9.17, 15) is 4.79 Å². The molecule has 0 saturated carbocycles. The molecule has 1 aromatic heterocycles. The predicted molar refractivity (Wildman–Crippen MR) is 82.0 cm³/mol. The Morgan fingerprint density at radius 1 is 1.52 bits per heavy atom. The Kier molecular flexibility index (Phi) is 4.74. The van der Waals surface area contributed by atoms with E-state index in [1.54, 1.807) is 18.2 Å². The zero-order valence-corrected chi connectivity index (χ0v) is 13.0. The van der Waals surface area contributed by atoms with Crippen LogP contribution in [-0.4, -0.2) is 27.8 Å². The third-order valence-electron chi connectivity index (χ3n) is 3.19. The maximum atomic E-state index is 12.4. The molecule has 0 spiro atoms. The summed E-state index contributed by atoms with van der Waals surface area (Å²) in [5.41, 5.74) is 0.490. The van der Waals surface area contributed by atoms with Gasteiger partial charge in [-0.05, 0) is 38.2 Å². The second kappa shape index (κ2) is 6.53. The summed E-state index contributed by atoms with van der Waals surface area (Å²) in [5, 5.41) is 9.83. The van der Waals surface area contributed by atoms with Crippen molar-refractivity contribution < 1.29 is 9.53 Å². The van der Waals surface area contributed by atoms with Gasteiger partial charge in [0, 0.05) is 6.54 Å². The van der Waals surface area contributed by atoms with Crippen molar-refractivity contribution in [1.29, 1.82) is 0 Å². The van der Waals surface area contributed by atoms with E-state index in [1.807, 2.05) is 24.5 Å². The molecule has 2 aromatic rings. The van der Waals surface area contributed by atoms with Crippen molar-refractivity contribution in [2.24, 2.45) is 0 Å². The summed E-state index contributed by atoms with van der Waals surface area (Å²) in [6.07, 6.45) is 0. The molecule has 21 heavy (non-hydrogen) atoms. The molecule has 0 saturated heterocycles. The van der Waals surface area contributed by atoms with E-state index in [-0.39, 0.29) is 11.9 Å². The summed E-state index contributed by atoms with van der Waals surface area (Å²) in [6.45, 7) is 4.54. The van der Waals surface area contributed by atoms with Gasteiger partial charge in [-0.15, -0.1) is 0 Å². The van der Waals surface area contributed by atoms with Gasteiger partial charge in [0.2, 0.25) is 0 Å². The van der Waals surface area contributed by atoms with Crippen LogP contribution in [0.2, 0.25) is 0 Å². The van der Waals surface area contributed by atoms with Crippen molar-refractivity contribution in [1.82, 2.24) is 20.1 Å². The fraction of sp³-hybridized carbons (Fsp3) is 0.357. The van der Waals surface area contributed by atoms with Crippen LogP contribution in [0.3, 0.4) is 0 Å². The van der Waals surface area contributed by atoms with Crippen molar-refractivity contribution in [3.63, 3.8) is 0 Å². The zero-order chi connectivity index (χ0) is 15.4. The number of rotatable bonds is 5. The quantitative estimate of drug-likeness (QED) is 0.832. The molecule has 112 valence electrons. The van der Waals surface area contributed by atoms with Gasteiger partial charge in [0.15, 0.2) is 10.6 Å². The average molecular weight is 306 g/mol. The van der Waals surface area contributed by atoms with Crippen LogP contribution in [-0.2, 0) is 6.54 Å². The molecule has 1 aromatic carbocycles. The number of amides is 1. The second-order valence-electron chi connectivity index (χ2n) is 4.53. The van der Waals surface area contributed by atoms with Gasteiger partial charge in [0.25, 0.3) is 5.91 Å². The highest BCUT2D eigenvalue weighted by Crippen LogP contribution is 2.18. The van der Waals surface area contributed by atoms with Gasteiger partial charge in [0.1, 0.15) is 5.75 Å². The number of benzene rings is 1. The van der Waals surface area contributed by atoms with E-state index < -0.39 is 0 Å². The van der Waals surface area contributed by atoms with Crippen molar-refractivity contribution in [2.45, 2.75) is 26.4 Å². The predicted octanol–water partition coefficient (Wildman–Crippen LogP) is 2.46. The number of H-pyrrole nitrogens is 1. The standard InChI is InChI=1S/C14H18N4O2S/c1-4-18-12(16-17-14(18)21)9(2)15-13(19)10-7-5-6-8-11(10)20-3/h5-9H,4H2,1-3H3,(H,15,19)(H,17,21)/t9-/m0/s1. The minimum atomic E-state index is -0.268. The largest absolute Gasteiger partial charge is 0.496 e. The first-order chi connectivity index (χ1) is 10.1. The molecular formula is C14H18N4O2S. The molecule has 0 fully saturated rings. The third-order valence-corrected chi connectivity index (χ3v) is 3.50. The molecule has 7 heteroatoms. The van der Waals surface area contributed by atoms with Crippen LogP contribution in [0.4, 0.5) is 0 Å². The highest BCUT2D eigenvalue weighted by molar-refractivity contribution is 7.71. The Morgan fingerprint density at radius 2 is 2.24 bits per heavy atom. The molecule has 1 amide bonds. The van der Waals surface area contributed by atoms with Gasteiger partial charge in [-0.1, -0.05) is 12.1 Å². The van der Waals surface area contributed by atoms with Gasteiger partial charge in [-0.3, -0.25) is 9.89 Å². The Balaban J connectivity index is 2.21. The molecule has 0 aliphatic rings. The number of carbonyl (C=O) groups excluding carboxylic acids is 1. The number of aromatic nitrogens is 3. The monoisotopic (exact) mass is 306 g/mol. The molecule has 2 rings (SSSR count). The number of ether oxygens (including phenoxy) is 1. The summed E-state index contributed by atoms with van der Waals surface area (Å²) < 4.78 is 7.60. The lowest BCUT2D eigenvalue weighted by atomic mass is 10.1. The Bertz CT molecular complexity index is 692. The van der Waals surface area contributed by atoms with Gasteiger partial charge in [-0.25, -0.2) is 0 Å².